The fraction of sp³-hybridized carbons (Fsp3) is 0.733. The standard InChI is InChI=1S/C30H44N2/c1-3-5-6-7-8-10-24-13-17-26(18-14-24)28-20-19-27(29(21-31)30(28)22-32)25-15-11-23(9-4-2)12-16-25/h19-20,23-26H,3-18H2,1-2H3/t23-,24-,25-,26-. The molecule has 0 atom stereocenters. The zero-order valence-electron chi connectivity index (χ0n) is 20.7. The maximum atomic E-state index is 10.0. The molecule has 0 spiro atoms. The van der Waals surface area contributed by atoms with Crippen LogP contribution in [0.1, 0.15) is 151 Å². The third kappa shape index (κ3) is 6.38. The fourth-order valence-electron chi connectivity index (χ4n) is 6.53. The smallest absolute Gasteiger partial charge is 0.101 e. The molecule has 174 valence electrons. The summed E-state index contributed by atoms with van der Waals surface area (Å²) in [6.07, 6.45) is 20.7. The van der Waals surface area contributed by atoms with E-state index in [0.29, 0.717) is 23.0 Å². The van der Waals surface area contributed by atoms with Crippen molar-refractivity contribution in [2.75, 3.05) is 0 Å². The van der Waals surface area contributed by atoms with Gasteiger partial charge in [0.25, 0.3) is 0 Å². The Hall–Kier alpha value is -1.80. The van der Waals surface area contributed by atoms with Gasteiger partial charge in [-0.05, 0) is 86.2 Å². The quantitative estimate of drug-likeness (QED) is 0.346. The lowest BCUT2D eigenvalue weighted by Crippen LogP contribution is -2.17. The van der Waals surface area contributed by atoms with E-state index in [1.807, 2.05) is 0 Å². The first-order valence-corrected chi connectivity index (χ1v) is 13.7. The van der Waals surface area contributed by atoms with Crippen LogP contribution in [0.25, 0.3) is 0 Å². The van der Waals surface area contributed by atoms with Crippen molar-refractivity contribution < 1.29 is 0 Å². The molecular weight excluding hydrogens is 388 g/mol. The van der Waals surface area contributed by atoms with Gasteiger partial charge in [-0.3, -0.25) is 0 Å². The Balaban J connectivity index is 1.62. The molecule has 2 aliphatic rings. The van der Waals surface area contributed by atoms with Gasteiger partial charge in [-0.15, -0.1) is 0 Å². The molecule has 3 rings (SSSR count). The molecule has 0 unspecified atom stereocenters. The summed E-state index contributed by atoms with van der Waals surface area (Å²) in [5.41, 5.74) is 3.71. The fourth-order valence-corrected chi connectivity index (χ4v) is 6.53. The molecule has 0 heterocycles. The normalized spacial score (nSPS) is 25.8. The lowest BCUT2D eigenvalue weighted by atomic mass is 9.73. The Morgan fingerprint density at radius 2 is 1.09 bits per heavy atom. The summed E-state index contributed by atoms with van der Waals surface area (Å²) in [5, 5.41) is 20.1. The molecule has 0 aliphatic heterocycles. The second-order valence-electron chi connectivity index (χ2n) is 10.6. The van der Waals surface area contributed by atoms with E-state index in [-0.39, 0.29) is 0 Å². The van der Waals surface area contributed by atoms with Gasteiger partial charge in [0.15, 0.2) is 0 Å². The van der Waals surface area contributed by atoms with E-state index in [0.717, 1.165) is 23.0 Å². The molecule has 0 saturated heterocycles. The molecule has 1 aromatic carbocycles. The van der Waals surface area contributed by atoms with Gasteiger partial charge in [0, 0.05) is 0 Å². The Morgan fingerprint density at radius 1 is 0.625 bits per heavy atom. The van der Waals surface area contributed by atoms with Gasteiger partial charge in [-0.1, -0.05) is 77.3 Å². The minimum Gasteiger partial charge on any atom is -0.192 e. The van der Waals surface area contributed by atoms with Crippen molar-refractivity contribution in [2.24, 2.45) is 11.8 Å². The van der Waals surface area contributed by atoms with Crippen LogP contribution in [0.4, 0.5) is 0 Å². The van der Waals surface area contributed by atoms with Gasteiger partial charge in [-0.25, -0.2) is 0 Å². The zero-order valence-corrected chi connectivity index (χ0v) is 20.7. The molecule has 0 bridgehead atoms. The number of benzene rings is 1. The SMILES string of the molecule is CCCCCCC[C@H]1CC[C@H](c2ccc([C@H]3CC[C@H](CCC)CC3)c(C#N)c2C#N)CC1. The van der Waals surface area contributed by atoms with Gasteiger partial charge in [0.05, 0.1) is 11.1 Å². The molecule has 0 aromatic heterocycles. The van der Waals surface area contributed by atoms with E-state index >= 15 is 0 Å². The van der Waals surface area contributed by atoms with Crippen LogP contribution < -0.4 is 0 Å². The minimum absolute atomic E-state index is 0.461. The number of nitriles is 2. The Labute approximate surface area is 197 Å². The van der Waals surface area contributed by atoms with Crippen molar-refractivity contribution in [2.45, 2.75) is 128 Å². The summed E-state index contributed by atoms with van der Waals surface area (Å²) >= 11 is 0. The Bertz CT molecular complexity index is 780. The summed E-state index contributed by atoms with van der Waals surface area (Å²) in [5.74, 6) is 2.65. The average Bonchev–Trinajstić information content (AvgIpc) is 2.84. The summed E-state index contributed by atoms with van der Waals surface area (Å²) in [7, 11) is 0. The van der Waals surface area contributed by atoms with Crippen molar-refractivity contribution >= 4 is 0 Å². The Kier molecular flexibility index (Phi) is 10.1. The van der Waals surface area contributed by atoms with Crippen LogP contribution in [0.15, 0.2) is 12.1 Å². The first kappa shape index (κ1) is 24.8. The molecule has 32 heavy (non-hydrogen) atoms. The van der Waals surface area contributed by atoms with Crippen molar-refractivity contribution in [3.05, 3.63) is 34.4 Å². The van der Waals surface area contributed by atoms with Crippen molar-refractivity contribution in [1.82, 2.24) is 0 Å². The summed E-state index contributed by atoms with van der Waals surface area (Å²) in [6.45, 7) is 4.55. The Morgan fingerprint density at radius 3 is 1.53 bits per heavy atom. The summed E-state index contributed by atoms with van der Waals surface area (Å²) in [4.78, 5) is 0. The minimum atomic E-state index is 0.461. The molecule has 0 radical (unpaired) electrons. The van der Waals surface area contributed by atoms with Crippen LogP contribution in [0, 0.1) is 34.5 Å². The second kappa shape index (κ2) is 13.0. The van der Waals surface area contributed by atoms with Crippen molar-refractivity contribution in [3.8, 4) is 12.1 Å². The third-order valence-corrected chi connectivity index (χ3v) is 8.48. The van der Waals surface area contributed by atoms with Crippen LogP contribution in [0.2, 0.25) is 0 Å². The second-order valence-corrected chi connectivity index (χ2v) is 10.6. The van der Waals surface area contributed by atoms with Crippen LogP contribution in [0.3, 0.4) is 0 Å². The highest BCUT2D eigenvalue weighted by Crippen LogP contribution is 2.43. The van der Waals surface area contributed by atoms with Gasteiger partial charge >= 0.3 is 0 Å². The summed E-state index contributed by atoms with van der Waals surface area (Å²) in [6, 6.07) is 9.37. The largest absolute Gasteiger partial charge is 0.192 e. The molecule has 2 saturated carbocycles. The van der Waals surface area contributed by atoms with Gasteiger partial charge in [0.1, 0.15) is 12.1 Å². The molecule has 2 fully saturated rings. The van der Waals surface area contributed by atoms with E-state index in [1.54, 1.807) is 0 Å². The van der Waals surface area contributed by atoms with Crippen LogP contribution in [0.5, 0.6) is 0 Å². The highest BCUT2D eigenvalue weighted by molar-refractivity contribution is 5.56. The first-order valence-electron chi connectivity index (χ1n) is 13.7. The molecule has 2 aliphatic carbocycles. The molecule has 0 N–H and O–H groups in total. The predicted octanol–water partition coefficient (Wildman–Crippen LogP) is 9.14. The first-order chi connectivity index (χ1) is 15.7. The van der Waals surface area contributed by atoms with Crippen molar-refractivity contribution in [1.29, 1.82) is 10.5 Å². The van der Waals surface area contributed by atoms with Crippen molar-refractivity contribution in [3.63, 3.8) is 0 Å². The predicted molar refractivity (Wildman–Crippen MR) is 134 cm³/mol. The maximum absolute atomic E-state index is 10.0. The van der Waals surface area contributed by atoms with E-state index in [4.69, 9.17) is 0 Å². The molecular formula is C30H44N2. The lowest BCUT2D eigenvalue weighted by molar-refractivity contribution is 0.301. The zero-order chi connectivity index (χ0) is 22.8. The molecule has 1 aromatic rings. The lowest BCUT2D eigenvalue weighted by Gasteiger charge is -2.31. The number of unbranched alkanes of at least 4 members (excludes halogenated alkanes) is 4. The van der Waals surface area contributed by atoms with Gasteiger partial charge in [-0.2, -0.15) is 10.5 Å². The van der Waals surface area contributed by atoms with Crippen LogP contribution in [-0.4, -0.2) is 0 Å². The maximum Gasteiger partial charge on any atom is 0.101 e. The monoisotopic (exact) mass is 432 g/mol. The average molecular weight is 433 g/mol. The number of rotatable bonds is 10. The molecule has 2 nitrogen and oxygen atoms in total. The topological polar surface area (TPSA) is 47.6 Å². The summed E-state index contributed by atoms with van der Waals surface area (Å²) < 4.78 is 0. The number of nitrogens with zero attached hydrogens (tertiary/aromatic N) is 2. The van der Waals surface area contributed by atoms with E-state index in [2.05, 4.69) is 38.1 Å². The molecule has 2 heteroatoms. The van der Waals surface area contributed by atoms with E-state index in [1.165, 1.54) is 103 Å². The third-order valence-electron chi connectivity index (χ3n) is 8.48. The highest BCUT2D eigenvalue weighted by atomic mass is 14.4. The van der Waals surface area contributed by atoms with Crippen LogP contribution in [-0.2, 0) is 0 Å². The van der Waals surface area contributed by atoms with Gasteiger partial charge in [0.2, 0.25) is 0 Å². The number of hydrogen-bond donors (Lipinski definition) is 0. The van der Waals surface area contributed by atoms with Crippen LogP contribution >= 0.6 is 0 Å². The van der Waals surface area contributed by atoms with E-state index in [9.17, 15) is 10.5 Å². The molecule has 0 amide bonds. The number of hydrogen-bond acceptors (Lipinski definition) is 2. The van der Waals surface area contributed by atoms with E-state index < -0.39 is 0 Å². The highest BCUT2D eigenvalue weighted by Gasteiger charge is 2.29. The van der Waals surface area contributed by atoms with Gasteiger partial charge < -0.3 is 0 Å².